The first-order chi connectivity index (χ1) is 11.3. The van der Waals surface area contributed by atoms with Crippen LogP contribution in [0.2, 0.25) is 0 Å². The molecule has 0 aliphatic heterocycles. The number of benzene rings is 2. The van der Waals surface area contributed by atoms with Gasteiger partial charge in [-0.25, -0.2) is 22.6 Å². The molecule has 0 bridgehead atoms. The minimum absolute atomic E-state index is 0.0800. The maximum Gasteiger partial charge on any atom is 0.340 e. The largest absolute Gasteiger partial charge is 0.465 e. The zero-order valence-electron chi connectivity index (χ0n) is 12.9. The van der Waals surface area contributed by atoms with Gasteiger partial charge in [0.2, 0.25) is 0 Å². The summed E-state index contributed by atoms with van der Waals surface area (Å²) in [5, 5.41) is 0. The summed E-state index contributed by atoms with van der Waals surface area (Å²) in [7, 11) is -2.64. The number of halogens is 1. The lowest BCUT2D eigenvalue weighted by Crippen LogP contribution is -2.11. The first kappa shape index (κ1) is 16.1. The van der Waals surface area contributed by atoms with E-state index in [0.29, 0.717) is 11.0 Å². The number of nitrogens with zero attached hydrogens (tertiary/aromatic N) is 2. The summed E-state index contributed by atoms with van der Waals surface area (Å²) in [4.78, 5) is 15.6. The zero-order valence-corrected chi connectivity index (χ0v) is 13.7. The van der Waals surface area contributed by atoms with Gasteiger partial charge in [0.1, 0.15) is 12.1 Å². The third-order valence-corrected chi connectivity index (χ3v) is 4.69. The van der Waals surface area contributed by atoms with Gasteiger partial charge in [-0.15, -0.1) is 0 Å². The molecule has 1 heterocycles. The van der Waals surface area contributed by atoms with Gasteiger partial charge >= 0.3 is 5.97 Å². The third kappa shape index (κ3) is 2.65. The second kappa shape index (κ2) is 5.72. The molecule has 3 rings (SSSR count). The molecular formula is C16H13FN2O4S. The van der Waals surface area contributed by atoms with E-state index in [1.807, 2.05) is 0 Å². The first-order valence-electron chi connectivity index (χ1n) is 6.87. The average molecular weight is 348 g/mol. The summed E-state index contributed by atoms with van der Waals surface area (Å²) in [5.74, 6) is -1.82. The van der Waals surface area contributed by atoms with Crippen molar-refractivity contribution in [2.24, 2.45) is 0 Å². The highest BCUT2D eigenvalue weighted by Crippen LogP contribution is 2.27. The number of ether oxygens (including phenoxy) is 1. The number of rotatable bonds is 3. The highest BCUT2D eigenvalue weighted by atomic mass is 32.2. The minimum atomic E-state index is -3.73. The normalized spacial score (nSPS) is 11.6. The molecule has 0 aliphatic rings. The predicted molar refractivity (Wildman–Crippen MR) is 85.5 cm³/mol. The van der Waals surface area contributed by atoms with Crippen molar-refractivity contribution >= 4 is 26.8 Å². The number of imidazole rings is 1. The van der Waals surface area contributed by atoms with E-state index >= 15 is 0 Å². The Morgan fingerprint density at radius 2 is 1.96 bits per heavy atom. The Bertz CT molecular complexity index is 1060. The Morgan fingerprint density at radius 3 is 2.62 bits per heavy atom. The molecule has 0 aliphatic carbocycles. The van der Waals surface area contributed by atoms with E-state index in [1.165, 1.54) is 10.9 Å². The van der Waals surface area contributed by atoms with Gasteiger partial charge in [0, 0.05) is 12.3 Å². The Morgan fingerprint density at radius 1 is 1.25 bits per heavy atom. The van der Waals surface area contributed by atoms with Crippen LogP contribution in [0.25, 0.3) is 16.7 Å². The van der Waals surface area contributed by atoms with Crippen LogP contribution < -0.4 is 0 Å². The smallest absolute Gasteiger partial charge is 0.340 e. The van der Waals surface area contributed by atoms with Crippen molar-refractivity contribution in [3.63, 3.8) is 0 Å². The van der Waals surface area contributed by atoms with Gasteiger partial charge < -0.3 is 4.74 Å². The van der Waals surface area contributed by atoms with Gasteiger partial charge in [-0.2, -0.15) is 0 Å². The lowest BCUT2D eigenvalue weighted by Gasteiger charge is -2.12. The molecule has 24 heavy (non-hydrogen) atoms. The Hall–Kier alpha value is -2.74. The molecule has 0 amide bonds. The zero-order chi connectivity index (χ0) is 17.5. The van der Waals surface area contributed by atoms with Crippen LogP contribution in [0.3, 0.4) is 0 Å². The topological polar surface area (TPSA) is 78.3 Å². The second-order valence-electron chi connectivity index (χ2n) is 5.17. The van der Waals surface area contributed by atoms with Crippen LogP contribution in [0.15, 0.2) is 47.6 Å². The lowest BCUT2D eigenvalue weighted by molar-refractivity contribution is 0.0595. The number of fused-ring (bicyclic) bond motifs is 1. The Kier molecular flexibility index (Phi) is 3.84. The molecule has 3 aromatic rings. The maximum atomic E-state index is 14.3. The van der Waals surface area contributed by atoms with E-state index < -0.39 is 27.2 Å². The van der Waals surface area contributed by atoms with E-state index in [1.54, 1.807) is 24.3 Å². The fraction of sp³-hybridized carbons (Fsp3) is 0.125. The van der Waals surface area contributed by atoms with Crippen LogP contribution in [0.4, 0.5) is 4.39 Å². The molecule has 0 saturated heterocycles. The molecular weight excluding hydrogens is 335 g/mol. The monoisotopic (exact) mass is 348 g/mol. The molecule has 8 heteroatoms. The molecule has 0 spiro atoms. The number of sulfone groups is 1. The number of aromatic nitrogens is 2. The van der Waals surface area contributed by atoms with Crippen molar-refractivity contribution in [2.75, 3.05) is 13.4 Å². The number of esters is 1. The Balaban J connectivity index is 2.36. The fourth-order valence-corrected chi connectivity index (χ4v) is 3.31. The number of hydrogen-bond donors (Lipinski definition) is 0. The van der Waals surface area contributed by atoms with Crippen molar-refractivity contribution in [1.82, 2.24) is 9.55 Å². The van der Waals surface area contributed by atoms with Crippen molar-refractivity contribution in [3.05, 3.63) is 54.1 Å². The number of carbonyl (C=O) groups is 1. The van der Waals surface area contributed by atoms with Crippen molar-refractivity contribution in [2.45, 2.75) is 4.90 Å². The molecule has 0 fully saturated rings. The minimum Gasteiger partial charge on any atom is -0.465 e. The second-order valence-corrected chi connectivity index (χ2v) is 7.15. The molecule has 0 N–H and O–H groups in total. The summed E-state index contributed by atoms with van der Waals surface area (Å²) in [5.41, 5.74) is 0.893. The van der Waals surface area contributed by atoms with E-state index in [0.717, 1.165) is 25.5 Å². The standard InChI is InChI=1S/C16H13FN2O4S/c1-23-16(20)10-7-15(24(2,21)22)14(8-11(10)17)19-9-18-12-5-3-4-6-13(12)19/h3-9H,1-2H3. The van der Waals surface area contributed by atoms with Crippen molar-refractivity contribution in [3.8, 4) is 5.69 Å². The Labute approximate surface area is 137 Å². The van der Waals surface area contributed by atoms with Crippen LogP contribution in [0.5, 0.6) is 0 Å². The molecule has 0 radical (unpaired) electrons. The SMILES string of the molecule is COC(=O)c1cc(S(C)(=O)=O)c(-n2cnc3ccccc32)cc1F. The summed E-state index contributed by atoms with van der Waals surface area (Å²) in [6.45, 7) is 0. The van der Waals surface area contributed by atoms with Crippen LogP contribution >= 0.6 is 0 Å². The number of methoxy groups -OCH3 is 1. The molecule has 0 atom stereocenters. The quantitative estimate of drug-likeness (QED) is 0.536. The summed E-state index contributed by atoms with van der Waals surface area (Å²) in [6, 6.07) is 9.03. The highest BCUT2D eigenvalue weighted by Gasteiger charge is 2.23. The predicted octanol–water partition coefficient (Wildman–Crippen LogP) is 2.35. The maximum absolute atomic E-state index is 14.3. The highest BCUT2D eigenvalue weighted by molar-refractivity contribution is 7.90. The third-order valence-electron chi connectivity index (χ3n) is 3.57. The molecule has 2 aromatic carbocycles. The van der Waals surface area contributed by atoms with Gasteiger partial charge in [0.05, 0.1) is 34.3 Å². The molecule has 0 unspecified atom stereocenters. The van der Waals surface area contributed by atoms with Gasteiger partial charge in [-0.3, -0.25) is 4.57 Å². The number of carbonyl (C=O) groups excluding carboxylic acids is 1. The first-order valence-corrected chi connectivity index (χ1v) is 8.76. The molecule has 1 aromatic heterocycles. The van der Waals surface area contributed by atoms with Gasteiger partial charge in [-0.1, -0.05) is 12.1 Å². The summed E-state index contributed by atoms with van der Waals surface area (Å²) < 4.78 is 44.6. The van der Waals surface area contributed by atoms with Gasteiger partial charge in [0.15, 0.2) is 9.84 Å². The molecule has 124 valence electrons. The van der Waals surface area contributed by atoms with Crippen LogP contribution in [-0.4, -0.2) is 37.3 Å². The fourth-order valence-electron chi connectivity index (χ4n) is 2.45. The summed E-state index contributed by atoms with van der Waals surface area (Å²) in [6.07, 6.45) is 2.40. The van der Waals surface area contributed by atoms with Crippen LogP contribution in [0.1, 0.15) is 10.4 Å². The molecule has 6 nitrogen and oxygen atoms in total. The van der Waals surface area contributed by atoms with E-state index in [4.69, 9.17) is 0 Å². The molecule has 0 saturated carbocycles. The lowest BCUT2D eigenvalue weighted by atomic mass is 10.2. The van der Waals surface area contributed by atoms with E-state index in [9.17, 15) is 17.6 Å². The summed E-state index contributed by atoms with van der Waals surface area (Å²) >= 11 is 0. The van der Waals surface area contributed by atoms with Crippen molar-refractivity contribution in [1.29, 1.82) is 0 Å². The van der Waals surface area contributed by atoms with E-state index in [-0.39, 0.29) is 10.6 Å². The van der Waals surface area contributed by atoms with Crippen LogP contribution in [-0.2, 0) is 14.6 Å². The van der Waals surface area contributed by atoms with Gasteiger partial charge in [-0.05, 0) is 18.2 Å². The van der Waals surface area contributed by atoms with Crippen molar-refractivity contribution < 1.29 is 22.3 Å². The van der Waals surface area contributed by atoms with Gasteiger partial charge in [0.25, 0.3) is 0 Å². The number of hydrogen-bond acceptors (Lipinski definition) is 5. The average Bonchev–Trinajstić information content (AvgIpc) is 2.96. The van der Waals surface area contributed by atoms with E-state index in [2.05, 4.69) is 9.72 Å². The number of para-hydroxylation sites is 2. The van der Waals surface area contributed by atoms with Crippen LogP contribution in [0, 0.1) is 5.82 Å².